The average molecular weight is 352 g/mol. The van der Waals surface area contributed by atoms with Crippen LogP contribution in [0.1, 0.15) is 23.2 Å². The van der Waals surface area contributed by atoms with Crippen molar-refractivity contribution in [3.8, 4) is 5.88 Å². The number of carboxylic acid groups (broad SMARTS) is 1. The highest BCUT2D eigenvalue weighted by Crippen LogP contribution is 2.23. The van der Waals surface area contributed by atoms with Crippen molar-refractivity contribution < 1.29 is 37.0 Å². The van der Waals surface area contributed by atoms with Crippen molar-refractivity contribution in [2.45, 2.75) is 25.2 Å². The van der Waals surface area contributed by atoms with Gasteiger partial charge in [-0.15, -0.1) is 0 Å². The van der Waals surface area contributed by atoms with Crippen LogP contribution in [0.25, 0.3) is 0 Å². The number of hydrogen-bond acceptors (Lipinski definition) is 4. The smallest absolute Gasteiger partial charge is 0.340 e. The van der Waals surface area contributed by atoms with Crippen LogP contribution < -0.4 is 4.74 Å². The maximum Gasteiger partial charge on any atom is 0.340 e. The van der Waals surface area contributed by atoms with Crippen LogP contribution in [-0.2, 0) is 4.79 Å². The Balaban J connectivity index is 2.57. The number of ether oxygens (including phenoxy) is 1. The third-order valence-corrected chi connectivity index (χ3v) is 2.95. The van der Waals surface area contributed by atoms with Gasteiger partial charge in [0, 0.05) is 32.3 Å². The highest BCUT2D eigenvalue weighted by Gasteiger charge is 2.41. The van der Waals surface area contributed by atoms with E-state index in [1.807, 2.05) is 0 Å². The van der Waals surface area contributed by atoms with Gasteiger partial charge in [0.1, 0.15) is 0 Å². The lowest BCUT2D eigenvalue weighted by molar-refractivity contribution is -0.148. The first-order chi connectivity index (χ1) is 11.1. The molecule has 6 nitrogen and oxygen atoms in total. The molecule has 0 unspecified atom stereocenters. The number of rotatable bonds is 9. The van der Waals surface area contributed by atoms with E-state index in [-0.39, 0.29) is 30.8 Å². The van der Waals surface area contributed by atoms with Gasteiger partial charge in [0.2, 0.25) is 5.88 Å². The molecule has 0 spiro atoms. The Morgan fingerprint density at radius 2 is 2.04 bits per heavy atom. The van der Waals surface area contributed by atoms with Gasteiger partial charge in [-0.1, -0.05) is 0 Å². The van der Waals surface area contributed by atoms with E-state index in [1.165, 1.54) is 18.0 Å². The van der Waals surface area contributed by atoms with Crippen LogP contribution >= 0.6 is 0 Å². The summed E-state index contributed by atoms with van der Waals surface area (Å²) in [6.45, 7) is -1.32. The molecule has 1 amide bonds. The van der Waals surface area contributed by atoms with Gasteiger partial charge < -0.3 is 14.7 Å². The molecule has 0 atom stereocenters. The van der Waals surface area contributed by atoms with E-state index in [2.05, 4.69) is 9.72 Å². The number of carbonyl (C=O) groups excluding carboxylic acids is 1. The standard InChI is InChI=1S/C14H16F4N2O4/c1-20(6-2-3-11(21)22)12(23)9-4-5-10(19-7-9)24-8-14(17,18)13(15)16/h4-5,7,13H,2-3,6,8H2,1H3,(H,21,22). The largest absolute Gasteiger partial charge is 0.481 e. The Hall–Kier alpha value is -2.39. The number of amides is 1. The quantitative estimate of drug-likeness (QED) is 0.690. The summed E-state index contributed by atoms with van der Waals surface area (Å²) in [5.74, 6) is -6.03. The molecule has 0 saturated carbocycles. The van der Waals surface area contributed by atoms with E-state index in [1.54, 1.807) is 0 Å². The number of carboxylic acids is 1. The van der Waals surface area contributed by atoms with E-state index < -0.39 is 30.8 Å². The molecule has 1 N–H and O–H groups in total. The first kappa shape index (κ1) is 19.7. The summed E-state index contributed by atoms with van der Waals surface area (Å²) in [7, 11) is 1.47. The second kappa shape index (κ2) is 8.46. The fraction of sp³-hybridized carbons (Fsp3) is 0.500. The third-order valence-electron chi connectivity index (χ3n) is 2.95. The summed E-state index contributed by atoms with van der Waals surface area (Å²) in [5.41, 5.74) is 0.126. The highest BCUT2D eigenvalue weighted by atomic mass is 19.3. The number of alkyl halides is 4. The van der Waals surface area contributed by atoms with Crippen molar-refractivity contribution in [2.75, 3.05) is 20.2 Å². The number of carbonyl (C=O) groups is 2. The molecule has 0 aromatic carbocycles. The lowest BCUT2D eigenvalue weighted by Gasteiger charge is -2.17. The average Bonchev–Trinajstić information content (AvgIpc) is 2.52. The van der Waals surface area contributed by atoms with Crippen molar-refractivity contribution >= 4 is 11.9 Å². The first-order valence-electron chi connectivity index (χ1n) is 6.85. The maximum absolute atomic E-state index is 12.7. The minimum atomic E-state index is -4.29. The van der Waals surface area contributed by atoms with E-state index in [0.29, 0.717) is 0 Å². The van der Waals surface area contributed by atoms with E-state index in [0.717, 1.165) is 12.3 Å². The summed E-state index contributed by atoms with van der Waals surface area (Å²) < 4.78 is 53.9. The van der Waals surface area contributed by atoms with Gasteiger partial charge in [-0.3, -0.25) is 9.59 Å². The molecule has 1 rings (SSSR count). The number of pyridine rings is 1. The first-order valence-corrected chi connectivity index (χ1v) is 6.85. The zero-order chi connectivity index (χ0) is 18.3. The number of halogens is 4. The van der Waals surface area contributed by atoms with Crippen LogP contribution in [0.4, 0.5) is 17.6 Å². The van der Waals surface area contributed by atoms with Crippen LogP contribution in [-0.4, -0.2) is 59.4 Å². The zero-order valence-corrected chi connectivity index (χ0v) is 12.7. The molecule has 0 bridgehead atoms. The number of nitrogens with zero attached hydrogens (tertiary/aromatic N) is 2. The summed E-state index contributed by atoms with van der Waals surface area (Å²) in [6.07, 6.45) is -2.60. The molecule has 1 aromatic heterocycles. The Kier molecular flexibility index (Phi) is 6.93. The van der Waals surface area contributed by atoms with Crippen LogP contribution in [0, 0.1) is 0 Å². The Bertz CT molecular complexity index is 566. The lowest BCUT2D eigenvalue weighted by Crippen LogP contribution is -2.34. The van der Waals surface area contributed by atoms with E-state index >= 15 is 0 Å². The molecule has 0 aliphatic heterocycles. The third kappa shape index (κ3) is 6.01. The van der Waals surface area contributed by atoms with Gasteiger partial charge in [-0.25, -0.2) is 13.8 Å². The molecule has 0 radical (unpaired) electrons. The molecular weight excluding hydrogens is 336 g/mol. The second-order valence-electron chi connectivity index (χ2n) is 4.96. The molecule has 24 heavy (non-hydrogen) atoms. The second-order valence-corrected chi connectivity index (χ2v) is 4.96. The lowest BCUT2D eigenvalue weighted by atomic mass is 10.2. The van der Waals surface area contributed by atoms with Crippen molar-refractivity contribution in [2.24, 2.45) is 0 Å². The number of hydrogen-bond donors (Lipinski definition) is 1. The topological polar surface area (TPSA) is 79.7 Å². The normalized spacial score (nSPS) is 11.4. The van der Waals surface area contributed by atoms with Crippen molar-refractivity contribution in [1.82, 2.24) is 9.88 Å². The number of aliphatic carboxylic acids is 1. The molecule has 1 heterocycles. The maximum atomic E-state index is 12.7. The fourth-order valence-electron chi connectivity index (χ4n) is 1.61. The highest BCUT2D eigenvalue weighted by molar-refractivity contribution is 5.93. The SMILES string of the molecule is CN(CCCC(=O)O)C(=O)c1ccc(OCC(F)(F)C(F)F)nc1. The molecule has 0 aliphatic rings. The predicted octanol–water partition coefficient (Wildman–Crippen LogP) is 2.30. The minimum Gasteiger partial charge on any atom is -0.481 e. The summed E-state index contributed by atoms with van der Waals surface area (Å²) >= 11 is 0. The summed E-state index contributed by atoms with van der Waals surface area (Å²) in [4.78, 5) is 27.3. The molecule has 0 fully saturated rings. The van der Waals surface area contributed by atoms with Gasteiger partial charge in [-0.05, 0) is 12.5 Å². The molecule has 1 aromatic rings. The van der Waals surface area contributed by atoms with Crippen LogP contribution in [0.3, 0.4) is 0 Å². The fourth-order valence-corrected chi connectivity index (χ4v) is 1.61. The summed E-state index contributed by atoms with van der Waals surface area (Å²) in [5, 5.41) is 8.53. The molecular formula is C14H16F4N2O4. The van der Waals surface area contributed by atoms with E-state index in [4.69, 9.17) is 5.11 Å². The van der Waals surface area contributed by atoms with Gasteiger partial charge in [0.25, 0.3) is 5.91 Å². The Morgan fingerprint density at radius 3 is 2.54 bits per heavy atom. The van der Waals surface area contributed by atoms with Crippen LogP contribution in [0.5, 0.6) is 5.88 Å². The molecule has 134 valence electrons. The van der Waals surface area contributed by atoms with Crippen LogP contribution in [0.15, 0.2) is 18.3 Å². The minimum absolute atomic E-state index is 0.0823. The number of aromatic nitrogens is 1. The van der Waals surface area contributed by atoms with Gasteiger partial charge >= 0.3 is 18.3 Å². The molecule has 10 heteroatoms. The van der Waals surface area contributed by atoms with Gasteiger partial charge in [0.05, 0.1) is 5.56 Å². The molecule has 0 aliphatic carbocycles. The Morgan fingerprint density at radius 1 is 1.38 bits per heavy atom. The monoisotopic (exact) mass is 352 g/mol. The van der Waals surface area contributed by atoms with Crippen molar-refractivity contribution in [3.63, 3.8) is 0 Å². The van der Waals surface area contributed by atoms with Gasteiger partial charge in [-0.2, -0.15) is 8.78 Å². The van der Waals surface area contributed by atoms with Crippen molar-refractivity contribution in [3.05, 3.63) is 23.9 Å². The van der Waals surface area contributed by atoms with Gasteiger partial charge in [0.15, 0.2) is 6.61 Å². The Labute approximate surface area is 135 Å². The summed E-state index contributed by atoms with van der Waals surface area (Å²) in [6, 6.07) is 2.36. The van der Waals surface area contributed by atoms with E-state index in [9.17, 15) is 27.2 Å². The molecule has 0 saturated heterocycles. The van der Waals surface area contributed by atoms with Crippen molar-refractivity contribution in [1.29, 1.82) is 0 Å². The zero-order valence-electron chi connectivity index (χ0n) is 12.7. The van der Waals surface area contributed by atoms with Crippen LogP contribution in [0.2, 0.25) is 0 Å². The predicted molar refractivity (Wildman–Crippen MR) is 74.5 cm³/mol.